The molecule has 0 saturated carbocycles. The highest BCUT2D eigenvalue weighted by molar-refractivity contribution is 6.09. The maximum atomic E-state index is 6.97. The van der Waals surface area contributed by atoms with E-state index >= 15 is 0 Å². The molecule has 0 atom stereocenters. The van der Waals surface area contributed by atoms with Crippen molar-refractivity contribution in [2.45, 2.75) is 105 Å². The summed E-state index contributed by atoms with van der Waals surface area (Å²) in [7, 11) is 0. The second kappa shape index (κ2) is 14.4. The Hall–Kier alpha value is -5.94. The van der Waals surface area contributed by atoms with Crippen LogP contribution < -0.4 is 9.30 Å². The molecule has 0 amide bonds. The molecule has 5 heteroatoms. The normalized spacial score (nSPS) is 12.7. The minimum absolute atomic E-state index is 0.0139. The number of fused-ring (bicyclic) bond motifs is 3. The van der Waals surface area contributed by atoms with Gasteiger partial charge in [-0.25, -0.2) is 4.98 Å². The van der Waals surface area contributed by atoms with Crippen molar-refractivity contribution < 1.29 is 9.30 Å². The molecule has 5 aromatic carbocycles. The van der Waals surface area contributed by atoms with Crippen LogP contribution in [0.3, 0.4) is 0 Å². The van der Waals surface area contributed by atoms with E-state index in [1.165, 1.54) is 27.9 Å². The van der Waals surface area contributed by atoms with E-state index in [1.54, 1.807) is 0 Å². The molecule has 8 rings (SSSR count). The van der Waals surface area contributed by atoms with Crippen molar-refractivity contribution in [3.05, 3.63) is 162 Å². The largest absolute Gasteiger partial charge is 0.458 e. The highest BCUT2D eigenvalue weighted by Crippen LogP contribution is 2.40. The second-order valence-electron chi connectivity index (χ2n) is 20.1. The predicted molar refractivity (Wildman–Crippen MR) is 245 cm³/mol. The molecule has 0 fully saturated rings. The van der Waals surface area contributed by atoms with Crippen LogP contribution in [-0.4, -0.2) is 14.1 Å². The highest BCUT2D eigenvalue weighted by Gasteiger charge is 2.34. The number of ether oxygens (including phenoxy) is 1. The number of hydrogen-bond acceptors (Lipinski definition) is 2. The van der Waals surface area contributed by atoms with E-state index in [-0.39, 0.29) is 21.7 Å². The number of aromatic nitrogens is 4. The lowest BCUT2D eigenvalue weighted by molar-refractivity contribution is -0.611. The summed E-state index contributed by atoms with van der Waals surface area (Å²) in [5.41, 5.74) is 11.0. The summed E-state index contributed by atoms with van der Waals surface area (Å²) >= 11 is 0. The fourth-order valence-electron chi connectivity index (χ4n) is 8.25. The Labute approximate surface area is 351 Å². The fraction of sp³-hybridized carbons (Fsp3) is 0.296. The van der Waals surface area contributed by atoms with E-state index in [2.05, 4.69) is 231 Å². The van der Waals surface area contributed by atoms with Gasteiger partial charge in [0.05, 0.1) is 33.8 Å². The molecular formula is C54H58N4O. The summed E-state index contributed by atoms with van der Waals surface area (Å²) in [4.78, 5) is 4.90. The van der Waals surface area contributed by atoms with E-state index in [1.807, 2.05) is 6.20 Å². The SMILES string of the molecule is CC(C)(C)c1ccc(-[n+]2[c-]n(-c3cc(Oc4ccc5c6ccccc6n(-c6cc(C(C)(C)C)ccn6)c5c4)cc(-c4ccccc4)c3)c(C(C)(C)C)c2C(C)(C)C)cc1. The van der Waals surface area contributed by atoms with E-state index in [4.69, 9.17) is 9.72 Å². The number of benzene rings is 5. The first-order chi connectivity index (χ1) is 27.8. The summed E-state index contributed by atoms with van der Waals surface area (Å²) in [5.74, 6) is 2.39. The molecule has 59 heavy (non-hydrogen) atoms. The molecule has 0 aliphatic heterocycles. The number of imidazole rings is 1. The van der Waals surface area contributed by atoms with E-state index in [9.17, 15) is 0 Å². The topological polar surface area (TPSA) is 35.9 Å². The lowest BCUT2D eigenvalue weighted by atomic mass is 9.81. The van der Waals surface area contributed by atoms with Crippen LogP contribution in [0.1, 0.15) is 106 Å². The molecule has 0 N–H and O–H groups in total. The fourth-order valence-corrected chi connectivity index (χ4v) is 8.25. The Morgan fingerprint density at radius 1 is 0.525 bits per heavy atom. The first-order valence-electron chi connectivity index (χ1n) is 20.9. The summed E-state index contributed by atoms with van der Waals surface area (Å²) in [5, 5.41) is 2.33. The molecule has 0 saturated heterocycles. The molecule has 300 valence electrons. The maximum absolute atomic E-state index is 6.97. The lowest BCUT2D eigenvalue weighted by Gasteiger charge is -2.30. The Morgan fingerprint density at radius 3 is 1.85 bits per heavy atom. The van der Waals surface area contributed by atoms with E-state index in [0.717, 1.165) is 56.2 Å². The minimum Gasteiger partial charge on any atom is -0.458 e. The molecule has 0 aliphatic carbocycles. The Balaban J connectivity index is 1.31. The van der Waals surface area contributed by atoms with Gasteiger partial charge in [-0.1, -0.05) is 144 Å². The molecule has 5 nitrogen and oxygen atoms in total. The van der Waals surface area contributed by atoms with Crippen molar-refractivity contribution in [3.8, 4) is 39.8 Å². The highest BCUT2D eigenvalue weighted by atomic mass is 16.5. The summed E-state index contributed by atoms with van der Waals surface area (Å²) in [6.45, 7) is 27.3. The number of hydrogen-bond donors (Lipinski definition) is 0. The number of para-hydroxylation sites is 1. The van der Waals surface area contributed by atoms with Crippen LogP contribution in [0.2, 0.25) is 0 Å². The van der Waals surface area contributed by atoms with Crippen LogP contribution in [0.15, 0.2) is 134 Å². The number of nitrogens with zero attached hydrogens (tertiary/aromatic N) is 4. The molecule has 0 aliphatic rings. The number of pyridine rings is 1. The first-order valence-corrected chi connectivity index (χ1v) is 20.9. The van der Waals surface area contributed by atoms with Gasteiger partial charge in [-0.3, -0.25) is 13.7 Å². The molecule has 3 heterocycles. The van der Waals surface area contributed by atoms with Gasteiger partial charge < -0.3 is 4.74 Å². The predicted octanol–water partition coefficient (Wildman–Crippen LogP) is 13.7. The van der Waals surface area contributed by atoms with Crippen LogP contribution in [-0.2, 0) is 21.7 Å². The monoisotopic (exact) mass is 778 g/mol. The van der Waals surface area contributed by atoms with Gasteiger partial charge in [0.15, 0.2) is 0 Å². The third-order valence-electron chi connectivity index (χ3n) is 11.3. The van der Waals surface area contributed by atoms with Gasteiger partial charge >= 0.3 is 0 Å². The summed E-state index contributed by atoms with van der Waals surface area (Å²) in [6, 6.07) is 45.4. The third kappa shape index (κ3) is 7.71. The van der Waals surface area contributed by atoms with Crippen LogP contribution in [0.4, 0.5) is 0 Å². The van der Waals surface area contributed by atoms with E-state index < -0.39 is 0 Å². The number of rotatable bonds is 6. The Morgan fingerprint density at radius 2 is 1.19 bits per heavy atom. The molecule has 8 aromatic rings. The van der Waals surface area contributed by atoms with Crippen molar-refractivity contribution in [2.75, 3.05) is 0 Å². The molecule has 3 aromatic heterocycles. The van der Waals surface area contributed by atoms with Gasteiger partial charge in [0.1, 0.15) is 17.3 Å². The van der Waals surface area contributed by atoms with Gasteiger partial charge in [-0.05, 0) is 105 Å². The zero-order valence-corrected chi connectivity index (χ0v) is 36.9. The zero-order valence-electron chi connectivity index (χ0n) is 36.9. The maximum Gasteiger partial charge on any atom is 0.269 e. The standard InChI is InChI=1S/C54H58N4O/c1-51(2,3)38-22-24-40(25-23-38)56-35-57(50(54(10,11)12)49(56)53(7,8)9)41-30-37(36-18-14-13-15-19-36)31-43(33-41)59-42-26-27-45-44-20-16-17-21-46(44)58(47(45)34-42)48-32-39(28-29-55-48)52(4,5)6/h13-34H,1-12H3. The van der Waals surface area contributed by atoms with Gasteiger partial charge in [-0.15, -0.1) is 0 Å². The average molecular weight is 779 g/mol. The lowest BCUT2D eigenvalue weighted by Crippen LogP contribution is -2.40. The van der Waals surface area contributed by atoms with Crippen LogP contribution >= 0.6 is 0 Å². The van der Waals surface area contributed by atoms with E-state index in [0.29, 0.717) is 0 Å². The van der Waals surface area contributed by atoms with Crippen LogP contribution in [0, 0.1) is 6.33 Å². The molecule has 0 unspecified atom stereocenters. The average Bonchev–Trinajstić information content (AvgIpc) is 3.76. The van der Waals surface area contributed by atoms with Crippen molar-refractivity contribution in [1.82, 2.24) is 14.1 Å². The van der Waals surface area contributed by atoms with Gasteiger partial charge in [0.2, 0.25) is 0 Å². The van der Waals surface area contributed by atoms with Crippen LogP contribution in [0.25, 0.3) is 50.1 Å². The zero-order chi connectivity index (χ0) is 42.1. The third-order valence-corrected chi connectivity index (χ3v) is 11.3. The van der Waals surface area contributed by atoms with Gasteiger partial charge in [-0.2, -0.15) is 0 Å². The quantitative estimate of drug-likeness (QED) is 0.124. The summed E-state index contributed by atoms with van der Waals surface area (Å²) in [6.07, 6.45) is 5.80. The van der Waals surface area contributed by atoms with Crippen molar-refractivity contribution in [1.29, 1.82) is 0 Å². The molecular weight excluding hydrogens is 721 g/mol. The summed E-state index contributed by atoms with van der Waals surface area (Å²) < 4.78 is 13.8. The van der Waals surface area contributed by atoms with Crippen molar-refractivity contribution >= 4 is 21.8 Å². The molecule has 0 radical (unpaired) electrons. The van der Waals surface area contributed by atoms with Gasteiger partial charge in [0.25, 0.3) is 6.33 Å². The molecule has 0 bridgehead atoms. The second-order valence-corrected chi connectivity index (χ2v) is 20.1. The van der Waals surface area contributed by atoms with Crippen molar-refractivity contribution in [2.24, 2.45) is 0 Å². The van der Waals surface area contributed by atoms with Crippen molar-refractivity contribution in [3.63, 3.8) is 0 Å². The Bertz CT molecular complexity index is 2810. The van der Waals surface area contributed by atoms with Crippen LogP contribution in [0.5, 0.6) is 11.5 Å². The Kier molecular flexibility index (Phi) is 9.74. The first kappa shape index (κ1) is 39.9. The molecule has 0 spiro atoms. The smallest absolute Gasteiger partial charge is 0.269 e. The van der Waals surface area contributed by atoms with Gasteiger partial charge in [0, 0.05) is 23.0 Å². The minimum atomic E-state index is -0.212.